The van der Waals surface area contributed by atoms with Crippen LogP contribution < -0.4 is 0 Å². The molecule has 0 amide bonds. The molecule has 0 aromatic heterocycles. The summed E-state index contributed by atoms with van der Waals surface area (Å²) in [5, 5.41) is 0. The van der Waals surface area contributed by atoms with Crippen LogP contribution in [0.5, 0.6) is 0 Å². The lowest BCUT2D eigenvalue weighted by atomic mass is 9.87. The quantitative estimate of drug-likeness (QED) is 0.572. The van der Waals surface area contributed by atoms with E-state index in [0.29, 0.717) is 6.42 Å². The van der Waals surface area contributed by atoms with E-state index in [1.165, 1.54) is 5.56 Å². The number of hydrogen-bond donors (Lipinski definition) is 0. The van der Waals surface area contributed by atoms with Crippen molar-refractivity contribution in [3.63, 3.8) is 0 Å². The summed E-state index contributed by atoms with van der Waals surface area (Å²) in [5.74, 6) is 0.224. The number of rotatable bonds is 3. The minimum Gasteiger partial charge on any atom is -0.298 e. The Hall–Kier alpha value is 0.330. The number of Topliss-reactive ketones (excluding diaryl/α,β-unsaturated/α-hetero) is 1. The molecule has 0 aliphatic carbocycles. The number of ketones is 1. The van der Waals surface area contributed by atoms with Gasteiger partial charge in [0.2, 0.25) is 0 Å². The van der Waals surface area contributed by atoms with Gasteiger partial charge in [-0.05, 0) is 36.6 Å². The minimum absolute atomic E-state index is 0.159. The second-order valence-corrected chi connectivity index (χ2v) is 8.31. The third kappa shape index (κ3) is 4.17. The third-order valence-electron chi connectivity index (χ3n) is 2.69. The van der Waals surface area contributed by atoms with Gasteiger partial charge in [-0.15, -0.1) is 0 Å². The van der Waals surface area contributed by atoms with Crippen molar-refractivity contribution in [3.8, 4) is 0 Å². The summed E-state index contributed by atoms with van der Waals surface area (Å²) >= 11 is 10.6. The molecule has 0 bridgehead atoms. The molecule has 1 atom stereocenters. The molecule has 0 saturated carbocycles. The molecule has 1 nitrogen and oxygen atoms in total. The van der Waals surface area contributed by atoms with Crippen LogP contribution in [0.3, 0.4) is 0 Å². The first kappa shape index (κ1) is 16.4. The molecule has 0 N–H and O–H groups in total. The molecule has 0 fully saturated rings. The predicted molar refractivity (Wildman–Crippen MR) is 87.5 cm³/mol. The fourth-order valence-corrected chi connectivity index (χ4v) is 4.42. The Morgan fingerprint density at radius 2 is 1.67 bits per heavy atom. The highest BCUT2D eigenvalue weighted by atomic mass is 79.9. The number of benzene rings is 1. The monoisotopic (exact) mass is 438 g/mol. The van der Waals surface area contributed by atoms with Gasteiger partial charge in [0.15, 0.2) is 5.78 Å². The molecule has 100 valence electrons. The van der Waals surface area contributed by atoms with E-state index >= 15 is 0 Å². The number of halogens is 3. The Morgan fingerprint density at radius 3 is 2.06 bits per heavy atom. The number of carbonyl (C=O) groups is 1. The highest BCUT2D eigenvalue weighted by Crippen LogP contribution is 2.31. The number of hydrogen-bond acceptors (Lipinski definition) is 1. The predicted octanol–water partition coefficient (Wildman–Crippen LogP) is 5.44. The average molecular weight is 441 g/mol. The van der Waals surface area contributed by atoms with Crippen molar-refractivity contribution < 1.29 is 4.79 Å². The Balaban J connectivity index is 2.96. The second-order valence-electron chi connectivity index (χ2n) is 5.49. The van der Waals surface area contributed by atoms with E-state index in [4.69, 9.17) is 0 Å². The number of aryl methyl sites for hydroxylation is 1. The smallest absolute Gasteiger partial charge is 0.152 e. The van der Waals surface area contributed by atoms with Crippen LogP contribution in [-0.4, -0.2) is 10.6 Å². The van der Waals surface area contributed by atoms with Crippen LogP contribution in [0.1, 0.15) is 31.9 Å². The zero-order chi connectivity index (χ0) is 14.1. The normalized spacial score (nSPS) is 13.5. The Morgan fingerprint density at radius 1 is 1.22 bits per heavy atom. The van der Waals surface area contributed by atoms with Gasteiger partial charge in [-0.3, -0.25) is 4.79 Å². The lowest BCUT2D eigenvalue weighted by Gasteiger charge is -2.21. The van der Waals surface area contributed by atoms with Crippen molar-refractivity contribution in [1.29, 1.82) is 0 Å². The van der Waals surface area contributed by atoms with Crippen LogP contribution in [0.2, 0.25) is 0 Å². The topological polar surface area (TPSA) is 17.1 Å². The van der Waals surface area contributed by atoms with Crippen LogP contribution in [-0.2, 0) is 11.2 Å². The lowest BCUT2D eigenvalue weighted by molar-refractivity contribution is -0.125. The Kier molecular flexibility index (Phi) is 5.63. The summed E-state index contributed by atoms with van der Waals surface area (Å²) in [6, 6.07) is 4.14. The largest absolute Gasteiger partial charge is 0.298 e. The first-order valence-electron chi connectivity index (χ1n) is 5.76. The summed E-state index contributed by atoms with van der Waals surface area (Å²) in [6.45, 7) is 7.89. The van der Waals surface area contributed by atoms with E-state index in [0.717, 1.165) is 14.5 Å². The summed E-state index contributed by atoms with van der Waals surface area (Å²) in [5.41, 5.74) is 1.99. The van der Waals surface area contributed by atoms with Gasteiger partial charge in [-0.2, -0.15) is 0 Å². The van der Waals surface area contributed by atoms with Crippen molar-refractivity contribution in [3.05, 3.63) is 32.2 Å². The van der Waals surface area contributed by atoms with Crippen molar-refractivity contribution in [2.45, 2.75) is 38.9 Å². The Labute approximate surface area is 134 Å². The van der Waals surface area contributed by atoms with Crippen LogP contribution >= 0.6 is 47.8 Å². The number of carbonyl (C=O) groups excluding carboxylic acids is 1. The molecular formula is C14H17Br3O. The molecule has 18 heavy (non-hydrogen) atoms. The van der Waals surface area contributed by atoms with Gasteiger partial charge >= 0.3 is 0 Å². The molecular weight excluding hydrogens is 424 g/mol. The van der Waals surface area contributed by atoms with E-state index in [1.54, 1.807) is 0 Å². The van der Waals surface area contributed by atoms with Crippen LogP contribution in [0.4, 0.5) is 0 Å². The molecule has 1 aromatic rings. The van der Waals surface area contributed by atoms with Gasteiger partial charge in [0.1, 0.15) is 0 Å². The standard InChI is InChI=1S/C14H17Br3O/c1-8-5-10(15)9(11(16)6-8)7-12(17)13(18)14(2,3)4/h5-6,12H,7H2,1-4H3. The summed E-state index contributed by atoms with van der Waals surface area (Å²) in [4.78, 5) is 12.0. The van der Waals surface area contributed by atoms with Crippen molar-refractivity contribution in [2.24, 2.45) is 5.41 Å². The van der Waals surface area contributed by atoms with Gasteiger partial charge in [0.05, 0.1) is 4.83 Å². The maximum Gasteiger partial charge on any atom is 0.152 e. The van der Waals surface area contributed by atoms with E-state index in [1.807, 2.05) is 27.7 Å². The highest BCUT2D eigenvalue weighted by Gasteiger charge is 2.28. The summed E-state index contributed by atoms with van der Waals surface area (Å²) in [6.07, 6.45) is 0.678. The molecule has 0 spiro atoms. The molecule has 0 heterocycles. The first-order chi connectivity index (χ1) is 8.12. The Bertz CT molecular complexity index is 438. The van der Waals surface area contributed by atoms with Crippen LogP contribution in [0.25, 0.3) is 0 Å². The maximum absolute atomic E-state index is 12.2. The average Bonchev–Trinajstić information content (AvgIpc) is 2.20. The zero-order valence-electron chi connectivity index (χ0n) is 11.0. The second kappa shape index (κ2) is 6.19. The van der Waals surface area contributed by atoms with E-state index in [2.05, 4.69) is 59.9 Å². The van der Waals surface area contributed by atoms with E-state index in [-0.39, 0.29) is 16.0 Å². The summed E-state index contributed by atoms with van der Waals surface area (Å²) in [7, 11) is 0. The number of alkyl halides is 1. The molecule has 4 heteroatoms. The fraction of sp³-hybridized carbons (Fsp3) is 0.500. The molecule has 0 aliphatic rings. The zero-order valence-corrected chi connectivity index (χ0v) is 15.7. The van der Waals surface area contributed by atoms with Crippen LogP contribution in [0, 0.1) is 12.3 Å². The van der Waals surface area contributed by atoms with Gasteiger partial charge < -0.3 is 0 Å². The summed E-state index contributed by atoms with van der Waals surface area (Å²) < 4.78 is 2.08. The van der Waals surface area contributed by atoms with Crippen molar-refractivity contribution in [1.82, 2.24) is 0 Å². The highest BCUT2D eigenvalue weighted by molar-refractivity contribution is 9.11. The van der Waals surface area contributed by atoms with Crippen LogP contribution in [0.15, 0.2) is 21.1 Å². The minimum atomic E-state index is -0.322. The molecule has 0 saturated heterocycles. The molecule has 0 radical (unpaired) electrons. The third-order valence-corrected chi connectivity index (χ3v) is 4.85. The van der Waals surface area contributed by atoms with Gasteiger partial charge in [0.25, 0.3) is 0 Å². The van der Waals surface area contributed by atoms with Gasteiger partial charge in [-0.25, -0.2) is 0 Å². The van der Waals surface area contributed by atoms with Crippen molar-refractivity contribution in [2.75, 3.05) is 0 Å². The maximum atomic E-state index is 12.2. The lowest BCUT2D eigenvalue weighted by Crippen LogP contribution is -2.30. The molecule has 1 unspecified atom stereocenters. The van der Waals surface area contributed by atoms with Crippen molar-refractivity contribution >= 4 is 53.6 Å². The molecule has 1 aromatic carbocycles. The fourth-order valence-electron chi connectivity index (χ4n) is 1.67. The van der Waals surface area contributed by atoms with Gasteiger partial charge in [0, 0.05) is 14.4 Å². The SMILES string of the molecule is Cc1cc(Br)c(CC(Br)C(=O)C(C)(C)C)c(Br)c1. The molecule has 0 aliphatic heterocycles. The van der Waals surface area contributed by atoms with Gasteiger partial charge in [-0.1, -0.05) is 68.6 Å². The van der Waals surface area contributed by atoms with E-state index in [9.17, 15) is 4.79 Å². The van der Waals surface area contributed by atoms with E-state index < -0.39 is 0 Å². The first-order valence-corrected chi connectivity index (χ1v) is 8.26. The molecule has 1 rings (SSSR count).